The molecule has 0 bridgehead atoms. The van der Waals surface area contributed by atoms with Crippen molar-refractivity contribution in [1.82, 2.24) is 4.98 Å². The van der Waals surface area contributed by atoms with Crippen molar-refractivity contribution in [2.75, 3.05) is 11.9 Å². The fourth-order valence-electron chi connectivity index (χ4n) is 3.97. The van der Waals surface area contributed by atoms with Crippen molar-refractivity contribution in [1.29, 1.82) is 0 Å². The molecule has 5 aromatic rings. The van der Waals surface area contributed by atoms with Gasteiger partial charge in [0.25, 0.3) is 0 Å². The van der Waals surface area contributed by atoms with Crippen LogP contribution in [0.25, 0.3) is 20.8 Å². The third kappa shape index (κ3) is 6.26. The summed E-state index contributed by atoms with van der Waals surface area (Å²) in [6.45, 7) is 5.56. The van der Waals surface area contributed by atoms with Crippen molar-refractivity contribution in [3.8, 4) is 22.1 Å². The van der Waals surface area contributed by atoms with Crippen molar-refractivity contribution in [3.05, 3.63) is 104 Å². The summed E-state index contributed by atoms with van der Waals surface area (Å²) >= 11 is 17.6. The molecule has 0 fully saturated rings. The van der Waals surface area contributed by atoms with Gasteiger partial charge in [0, 0.05) is 22.3 Å². The molecule has 8 heteroatoms. The summed E-state index contributed by atoms with van der Waals surface area (Å²) < 4.78 is 14.1. The third-order valence-corrected chi connectivity index (χ3v) is 8.49. The molecule has 0 radical (unpaired) electrons. The number of thiazole rings is 1. The van der Waals surface area contributed by atoms with E-state index in [1.807, 2.05) is 25.1 Å². The van der Waals surface area contributed by atoms with E-state index in [-0.39, 0.29) is 0 Å². The first-order chi connectivity index (χ1) is 18.4. The molecule has 4 aromatic carbocycles. The SMILES string of the molecule is CCOc1cc(CNc2ccc(-c3nc4ccc(C)cc4s3)cc2)c(Br)cc1OCc1ccc(Cl)c(Cl)c1. The normalized spacial score (nSPS) is 11.1. The molecule has 5 rings (SSSR count). The highest BCUT2D eigenvalue weighted by Crippen LogP contribution is 2.36. The standard InChI is InChI=1S/C30H25BrCl2N2O2S/c1-3-36-27-14-21(23(31)15-28(27)37-17-19-5-10-24(32)25(33)13-19)16-34-22-8-6-20(7-9-22)30-35-26-11-4-18(2)12-29(26)38-30/h4-15,34H,3,16-17H2,1-2H3. The Kier molecular flexibility index (Phi) is 8.44. The van der Waals surface area contributed by atoms with E-state index >= 15 is 0 Å². The zero-order valence-corrected chi connectivity index (χ0v) is 24.8. The third-order valence-electron chi connectivity index (χ3n) is 5.95. The number of anilines is 1. The maximum atomic E-state index is 6.14. The first kappa shape index (κ1) is 26.8. The van der Waals surface area contributed by atoms with E-state index in [9.17, 15) is 0 Å². The molecule has 1 aromatic heterocycles. The Balaban J connectivity index is 1.27. The summed E-state index contributed by atoms with van der Waals surface area (Å²) in [7, 11) is 0. The molecular formula is C30H25BrCl2N2O2S. The number of ether oxygens (including phenoxy) is 2. The van der Waals surface area contributed by atoms with E-state index in [0.29, 0.717) is 41.3 Å². The highest BCUT2D eigenvalue weighted by Gasteiger charge is 2.13. The van der Waals surface area contributed by atoms with Crippen molar-refractivity contribution in [3.63, 3.8) is 0 Å². The van der Waals surface area contributed by atoms with Crippen LogP contribution in [-0.4, -0.2) is 11.6 Å². The molecule has 4 nitrogen and oxygen atoms in total. The zero-order valence-electron chi connectivity index (χ0n) is 20.9. The van der Waals surface area contributed by atoms with E-state index < -0.39 is 0 Å². The highest BCUT2D eigenvalue weighted by molar-refractivity contribution is 9.10. The Morgan fingerprint density at radius 3 is 2.45 bits per heavy atom. The van der Waals surface area contributed by atoms with Gasteiger partial charge in [-0.3, -0.25) is 0 Å². The summed E-state index contributed by atoms with van der Waals surface area (Å²) in [6, 6.07) is 24.2. The number of nitrogens with one attached hydrogen (secondary N) is 1. The number of hydrogen-bond acceptors (Lipinski definition) is 5. The van der Waals surface area contributed by atoms with Crippen molar-refractivity contribution in [2.45, 2.75) is 27.0 Å². The first-order valence-electron chi connectivity index (χ1n) is 12.1. The maximum absolute atomic E-state index is 6.14. The Bertz CT molecular complexity index is 1590. The smallest absolute Gasteiger partial charge is 0.162 e. The Hall–Kier alpha value is -2.77. The minimum absolute atomic E-state index is 0.349. The maximum Gasteiger partial charge on any atom is 0.162 e. The number of aromatic nitrogens is 1. The van der Waals surface area contributed by atoms with Crippen molar-refractivity contribution < 1.29 is 9.47 Å². The predicted molar refractivity (Wildman–Crippen MR) is 163 cm³/mol. The van der Waals surface area contributed by atoms with Gasteiger partial charge in [0.05, 0.1) is 26.9 Å². The Morgan fingerprint density at radius 2 is 1.68 bits per heavy atom. The number of benzene rings is 4. The van der Waals surface area contributed by atoms with E-state index in [1.165, 1.54) is 10.3 Å². The van der Waals surface area contributed by atoms with Crippen LogP contribution in [0.1, 0.15) is 23.6 Å². The van der Waals surface area contributed by atoms with E-state index in [4.69, 9.17) is 37.7 Å². The van der Waals surface area contributed by atoms with Gasteiger partial charge in [0.15, 0.2) is 11.5 Å². The molecule has 38 heavy (non-hydrogen) atoms. The van der Waals surface area contributed by atoms with Crippen LogP contribution in [0.2, 0.25) is 10.0 Å². The molecule has 194 valence electrons. The van der Waals surface area contributed by atoms with Crippen LogP contribution < -0.4 is 14.8 Å². The van der Waals surface area contributed by atoms with Gasteiger partial charge in [0.1, 0.15) is 11.6 Å². The van der Waals surface area contributed by atoms with Crippen LogP contribution in [0.5, 0.6) is 11.5 Å². The summed E-state index contributed by atoms with van der Waals surface area (Å²) in [4.78, 5) is 4.79. The summed E-state index contributed by atoms with van der Waals surface area (Å²) in [6.07, 6.45) is 0. The summed E-state index contributed by atoms with van der Waals surface area (Å²) in [5.74, 6) is 1.35. The largest absolute Gasteiger partial charge is 0.490 e. The second kappa shape index (κ2) is 12.0. The highest BCUT2D eigenvalue weighted by atomic mass is 79.9. The lowest BCUT2D eigenvalue weighted by Gasteiger charge is -2.16. The summed E-state index contributed by atoms with van der Waals surface area (Å²) in [5.41, 5.74) is 6.40. The van der Waals surface area contributed by atoms with Gasteiger partial charge in [-0.25, -0.2) is 4.98 Å². The number of fused-ring (bicyclic) bond motifs is 1. The number of aryl methyl sites for hydroxylation is 1. The second-order valence-corrected chi connectivity index (χ2v) is 11.5. The van der Waals surface area contributed by atoms with E-state index in [2.05, 4.69) is 70.6 Å². The first-order valence-corrected chi connectivity index (χ1v) is 14.5. The lowest BCUT2D eigenvalue weighted by Crippen LogP contribution is -2.04. The van der Waals surface area contributed by atoms with Crippen LogP contribution >= 0.6 is 50.5 Å². The average Bonchev–Trinajstić information content (AvgIpc) is 3.33. The molecule has 0 unspecified atom stereocenters. The van der Waals surface area contributed by atoms with E-state index in [0.717, 1.165) is 37.4 Å². The topological polar surface area (TPSA) is 43.4 Å². The fraction of sp³-hybridized carbons (Fsp3) is 0.167. The molecular weight excluding hydrogens is 603 g/mol. The Labute approximate surface area is 244 Å². The lowest BCUT2D eigenvalue weighted by molar-refractivity contribution is 0.269. The van der Waals surface area contributed by atoms with Gasteiger partial charge in [-0.1, -0.05) is 51.3 Å². The molecule has 0 spiro atoms. The molecule has 0 saturated carbocycles. The number of nitrogens with zero attached hydrogens (tertiary/aromatic N) is 1. The predicted octanol–water partition coefficient (Wildman–Crippen LogP) is 9.93. The zero-order chi connectivity index (χ0) is 26.6. The van der Waals surface area contributed by atoms with Gasteiger partial charge >= 0.3 is 0 Å². The molecule has 0 aliphatic rings. The van der Waals surface area contributed by atoms with Gasteiger partial charge in [-0.2, -0.15) is 0 Å². The van der Waals surface area contributed by atoms with Crippen LogP contribution in [0, 0.1) is 6.92 Å². The van der Waals surface area contributed by atoms with E-state index in [1.54, 1.807) is 23.5 Å². The molecule has 0 atom stereocenters. The van der Waals surface area contributed by atoms with Gasteiger partial charge in [-0.05, 0) is 91.2 Å². The number of hydrogen-bond donors (Lipinski definition) is 1. The minimum atomic E-state index is 0.349. The molecule has 0 amide bonds. The monoisotopic (exact) mass is 626 g/mol. The average molecular weight is 628 g/mol. The molecule has 0 aliphatic heterocycles. The van der Waals surface area contributed by atoms with Crippen molar-refractivity contribution >= 4 is 66.4 Å². The molecule has 1 heterocycles. The molecule has 1 N–H and O–H groups in total. The fourth-order valence-corrected chi connectivity index (χ4v) is 5.82. The van der Waals surface area contributed by atoms with Crippen LogP contribution in [0.4, 0.5) is 5.69 Å². The molecule has 0 aliphatic carbocycles. The van der Waals surface area contributed by atoms with Gasteiger partial charge < -0.3 is 14.8 Å². The number of halogens is 3. The second-order valence-electron chi connectivity index (χ2n) is 8.78. The molecule has 0 saturated heterocycles. The minimum Gasteiger partial charge on any atom is -0.490 e. The Morgan fingerprint density at radius 1 is 0.895 bits per heavy atom. The van der Waals surface area contributed by atoms with Gasteiger partial charge in [0.2, 0.25) is 0 Å². The van der Waals surface area contributed by atoms with Crippen LogP contribution in [0.15, 0.2) is 77.3 Å². The van der Waals surface area contributed by atoms with Crippen molar-refractivity contribution in [2.24, 2.45) is 0 Å². The van der Waals surface area contributed by atoms with Gasteiger partial charge in [-0.15, -0.1) is 11.3 Å². The quantitative estimate of drug-likeness (QED) is 0.177. The lowest BCUT2D eigenvalue weighted by atomic mass is 10.1. The van der Waals surface area contributed by atoms with Crippen LogP contribution in [0.3, 0.4) is 0 Å². The summed E-state index contributed by atoms with van der Waals surface area (Å²) in [5, 5.41) is 5.55. The van der Waals surface area contributed by atoms with Crippen LogP contribution in [-0.2, 0) is 13.2 Å². The number of rotatable bonds is 9.